The maximum absolute atomic E-state index is 12.8. The van der Waals surface area contributed by atoms with Gasteiger partial charge in [0.1, 0.15) is 5.25 Å². The fourth-order valence-corrected chi connectivity index (χ4v) is 3.75. The summed E-state index contributed by atoms with van der Waals surface area (Å²) >= 11 is 1.20. The lowest BCUT2D eigenvalue weighted by atomic mass is 10.1. The Bertz CT molecular complexity index is 999. The normalized spacial score (nSPS) is 11.9. The number of carbonyl (C=O) groups is 1. The molecule has 26 heavy (non-hydrogen) atoms. The summed E-state index contributed by atoms with van der Waals surface area (Å²) in [6, 6.07) is 16.5. The number of methoxy groups -OCH3 is 1. The Morgan fingerprint density at radius 3 is 2.62 bits per heavy atom. The van der Waals surface area contributed by atoms with Crippen LogP contribution < -0.4 is 5.56 Å². The first kappa shape index (κ1) is 17.9. The van der Waals surface area contributed by atoms with Gasteiger partial charge >= 0.3 is 5.97 Å². The van der Waals surface area contributed by atoms with Crippen LogP contribution in [0.1, 0.15) is 10.8 Å². The number of ether oxygens (including phenoxy) is 1. The minimum absolute atomic E-state index is 0.158. The molecule has 1 atom stereocenters. The van der Waals surface area contributed by atoms with Crippen LogP contribution in [-0.2, 0) is 16.1 Å². The van der Waals surface area contributed by atoms with Crippen molar-refractivity contribution in [2.75, 3.05) is 7.11 Å². The summed E-state index contributed by atoms with van der Waals surface area (Å²) in [4.78, 5) is 29.8. The first-order chi connectivity index (χ1) is 12.7. The number of hydrogen-bond donors (Lipinski definition) is 0. The minimum Gasteiger partial charge on any atom is -0.468 e. The number of benzene rings is 2. The molecular formula is C20H18N2O3S. The lowest BCUT2D eigenvalue weighted by Gasteiger charge is -2.17. The summed E-state index contributed by atoms with van der Waals surface area (Å²) in [5, 5.41) is 0.367. The van der Waals surface area contributed by atoms with E-state index in [4.69, 9.17) is 4.74 Å². The second kappa shape index (κ2) is 8.01. The Balaban J connectivity index is 2.13. The van der Waals surface area contributed by atoms with Gasteiger partial charge in [-0.15, -0.1) is 6.58 Å². The van der Waals surface area contributed by atoms with Gasteiger partial charge in [-0.1, -0.05) is 60.3 Å². The predicted octanol–water partition coefficient (Wildman–Crippen LogP) is 3.59. The first-order valence-electron chi connectivity index (χ1n) is 8.05. The average Bonchev–Trinajstić information content (AvgIpc) is 2.69. The van der Waals surface area contributed by atoms with Crippen molar-refractivity contribution >= 4 is 28.6 Å². The average molecular weight is 366 g/mol. The number of allylic oxidation sites excluding steroid dienone is 1. The third-order valence-corrected chi connectivity index (χ3v) is 5.10. The van der Waals surface area contributed by atoms with Crippen molar-refractivity contribution in [2.24, 2.45) is 0 Å². The molecule has 1 aromatic heterocycles. The van der Waals surface area contributed by atoms with Gasteiger partial charge in [0.2, 0.25) is 0 Å². The maximum Gasteiger partial charge on any atom is 0.323 e. The zero-order chi connectivity index (χ0) is 18.5. The van der Waals surface area contributed by atoms with E-state index < -0.39 is 11.2 Å². The highest BCUT2D eigenvalue weighted by molar-refractivity contribution is 8.00. The standard InChI is InChI=1S/C20H18N2O3S/c1-3-13-22-18(23)15-11-7-8-12-16(15)21-20(22)26-17(19(24)25-2)14-9-5-4-6-10-14/h3-12,17H,1,13H2,2H3/t17-/m0/s1. The molecule has 1 heterocycles. The minimum atomic E-state index is -0.620. The van der Waals surface area contributed by atoms with Gasteiger partial charge in [0.05, 0.1) is 18.0 Å². The molecule has 0 bridgehead atoms. The van der Waals surface area contributed by atoms with Crippen LogP contribution >= 0.6 is 11.8 Å². The van der Waals surface area contributed by atoms with Gasteiger partial charge in [-0.05, 0) is 17.7 Å². The quantitative estimate of drug-likeness (QED) is 0.289. The van der Waals surface area contributed by atoms with E-state index in [-0.39, 0.29) is 5.56 Å². The highest BCUT2D eigenvalue weighted by Gasteiger charge is 2.25. The lowest BCUT2D eigenvalue weighted by Crippen LogP contribution is -2.24. The van der Waals surface area contributed by atoms with Crippen molar-refractivity contribution < 1.29 is 9.53 Å². The Morgan fingerprint density at radius 2 is 1.92 bits per heavy atom. The van der Waals surface area contributed by atoms with E-state index in [0.717, 1.165) is 5.56 Å². The molecular weight excluding hydrogens is 348 g/mol. The zero-order valence-electron chi connectivity index (χ0n) is 14.3. The highest BCUT2D eigenvalue weighted by atomic mass is 32.2. The summed E-state index contributed by atoms with van der Waals surface area (Å²) < 4.78 is 6.49. The molecule has 6 heteroatoms. The Labute approximate surface area is 155 Å². The van der Waals surface area contributed by atoms with Gasteiger partial charge in [-0.2, -0.15) is 0 Å². The smallest absolute Gasteiger partial charge is 0.323 e. The zero-order valence-corrected chi connectivity index (χ0v) is 15.1. The molecule has 0 aliphatic heterocycles. The number of thioether (sulfide) groups is 1. The molecule has 132 valence electrons. The number of aromatic nitrogens is 2. The first-order valence-corrected chi connectivity index (χ1v) is 8.93. The van der Waals surface area contributed by atoms with Crippen LogP contribution in [0.4, 0.5) is 0 Å². The van der Waals surface area contributed by atoms with E-state index in [2.05, 4.69) is 11.6 Å². The lowest BCUT2D eigenvalue weighted by molar-refractivity contribution is -0.140. The van der Waals surface area contributed by atoms with E-state index in [0.29, 0.717) is 22.6 Å². The third kappa shape index (κ3) is 3.55. The number of para-hydroxylation sites is 1. The Kier molecular flexibility index (Phi) is 5.53. The van der Waals surface area contributed by atoms with Crippen molar-refractivity contribution in [2.45, 2.75) is 17.0 Å². The van der Waals surface area contributed by atoms with E-state index in [1.54, 1.807) is 24.3 Å². The number of nitrogens with zero attached hydrogens (tertiary/aromatic N) is 2. The maximum atomic E-state index is 12.8. The second-order valence-corrected chi connectivity index (χ2v) is 6.62. The van der Waals surface area contributed by atoms with Gasteiger partial charge < -0.3 is 4.74 Å². The largest absolute Gasteiger partial charge is 0.468 e. The van der Waals surface area contributed by atoms with Gasteiger partial charge in [-0.3, -0.25) is 14.2 Å². The van der Waals surface area contributed by atoms with Gasteiger partial charge in [0.25, 0.3) is 5.56 Å². The van der Waals surface area contributed by atoms with E-state index in [1.807, 2.05) is 36.4 Å². The summed E-state index contributed by atoms with van der Waals surface area (Å²) in [5.41, 5.74) is 1.23. The SMILES string of the molecule is C=CCn1c(S[C@H](C(=O)OC)c2ccccc2)nc2ccccc2c1=O. The second-order valence-electron chi connectivity index (χ2n) is 5.55. The highest BCUT2D eigenvalue weighted by Crippen LogP contribution is 2.35. The molecule has 0 spiro atoms. The Hall–Kier alpha value is -2.86. The van der Waals surface area contributed by atoms with Crippen molar-refractivity contribution in [1.29, 1.82) is 0 Å². The fourth-order valence-electron chi connectivity index (χ4n) is 2.62. The van der Waals surface area contributed by atoms with Crippen LogP contribution in [0.2, 0.25) is 0 Å². The van der Waals surface area contributed by atoms with Crippen LogP contribution in [0, 0.1) is 0 Å². The summed E-state index contributed by atoms with van der Waals surface area (Å²) in [7, 11) is 1.35. The molecule has 0 unspecified atom stereocenters. The molecule has 0 fully saturated rings. The molecule has 0 amide bonds. The van der Waals surface area contributed by atoms with Crippen LogP contribution in [0.15, 0.2) is 77.2 Å². The van der Waals surface area contributed by atoms with Crippen molar-refractivity contribution in [1.82, 2.24) is 9.55 Å². The number of esters is 1. The number of carbonyl (C=O) groups excluding carboxylic acids is 1. The third-order valence-electron chi connectivity index (χ3n) is 3.88. The molecule has 3 rings (SSSR count). The van der Waals surface area contributed by atoms with Gasteiger partial charge in [-0.25, -0.2) is 4.98 Å². The topological polar surface area (TPSA) is 61.2 Å². The van der Waals surface area contributed by atoms with Crippen molar-refractivity contribution in [3.8, 4) is 0 Å². The molecule has 0 aliphatic carbocycles. The monoisotopic (exact) mass is 366 g/mol. The molecule has 0 saturated heterocycles. The molecule has 0 aliphatic rings. The summed E-state index contributed by atoms with van der Waals surface area (Å²) in [6.07, 6.45) is 1.64. The predicted molar refractivity (Wildman–Crippen MR) is 103 cm³/mol. The van der Waals surface area contributed by atoms with Crippen molar-refractivity contribution in [3.63, 3.8) is 0 Å². The summed E-state index contributed by atoms with van der Waals surface area (Å²) in [6.45, 7) is 4.03. The molecule has 0 saturated carbocycles. The van der Waals surface area contributed by atoms with Crippen LogP contribution in [-0.4, -0.2) is 22.6 Å². The number of fused-ring (bicyclic) bond motifs is 1. The summed E-state index contributed by atoms with van der Waals surface area (Å²) in [5.74, 6) is -0.395. The fraction of sp³-hybridized carbons (Fsp3) is 0.150. The molecule has 3 aromatic rings. The molecule has 0 radical (unpaired) electrons. The van der Waals surface area contributed by atoms with E-state index in [1.165, 1.54) is 23.4 Å². The van der Waals surface area contributed by atoms with Gasteiger partial charge in [0.15, 0.2) is 5.16 Å². The van der Waals surface area contributed by atoms with E-state index >= 15 is 0 Å². The molecule has 2 aromatic carbocycles. The van der Waals surface area contributed by atoms with Crippen LogP contribution in [0.5, 0.6) is 0 Å². The van der Waals surface area contributed by atoms with Crippen LogP contribution in [0.25, 0.3) is 10.9 Å². The number of hydrogen-bond acceptors (Lipinski definition) is 5. The van der Waals surface area contributed by atoms with Crippen LogP contribution in [0.3, 0.4) is 0 Å². The van der Waals surface area contributed by atoms with Crippen molar-refractivity contribution in [3.05, 3.63) is 83.2 Å². The Morgan fingerprint density at radius 1 is 1.23 bits per heavy atom. The van der Waals surface area contributed by atoms with Gasteiger partial charge in [0, 0.05) is 6.54 Å². The molecule has 0 N–H and O–H groups in total. The van der Waals surface area contributed by atoms with E-state index in [9.17, 15) is 9.59 Å². The number of rotatable bonds is 6. The molecule has 5 nitrogen and oxygen atoms in total.